The fourth-order valence-corrected chi connectivity index (χ4v) is 6.36. The van der Waals surface area contributed by atoms with Crippen LogP contribution in [0.2, 0.25) is 0 Å². The third-order valence-corrected chi connectivity index (χ3v) is 9.26. The van der Waals surface area contributed by atoms with Crippen molar-refractivity contribution in [3.8, 4) is 5.75 Å². The molecular formula is C36H49N3O8S. The zero-order chi connectivity index (χ0) is 35.4. The molecule has 0 radical (unpaired) electrons. The summed E-state index contributed by atoms with van der Waals surface area (Å²) in [6, 6.07) is 0.701. The SMILES string of the molecule is COC1C=C/C=C/C=C/CC(OC(=O)C(C)NC(=O)CC(C)C)C(C)C(O)/C(C)=C\CCc2c(O)c(cc3c2SCC(=O)N3)NC(=O)C1. The number of ether oxygens (including phenoxy) is 2. The summed E-state index contributed by atoms with van der Waals surface area (Å²) >= 11 is 1.32. The van der Waals surface area contributed by atoms with Gasteiger partial charge in [-0.3, -0.25) is 14.4 Å². The van der Waals surface area contributed by atoms with E-state index >= 15 is 0 Å². The van der Waals surface area contributed by atoms with Crippen molar-refractivity contribution in [2.75, 3.05) is 23.5 Å². The molecule has 2 aliphatic heterocycles. The quantitative estimate of drug-likeness (QED) is 0.118. The number of thioether (sulfide) groups is 1. The van der Waals surface area contributed by atoms with E-state index in [2.05, 4.69) is 16.0 Å². The topological polar surface area (TPSA) is 163 Å². The van der Waals surface area contributed by atoms with E-state index in [1.165, 1.54) is 18.9 Å². The number of aromatic hydroxyl groups is 1. The summed E-state index contributed by atoms with van der Waals surface area (Å²) in [5.74, 6) is -1.63. The lowest BCUT2D eigenvalue weighted by Crippen LogP contribution is -2.43. The second-order valence-electron chi connectivity index (χ2n) is 12.6. The molecule has 48 heavy (non-hydrogen) atoms. The van der Waals surface area contributed by atoms with Gasteiger partial charge in [-0.2, -0.15) is 0 Å². The summed E-state index contributed by atoms with van der Waals surface area (Å²) in [6.45, 7) is 9.02. The fourth-order valence-electron chi connectivity index (χ4n) is 5.38. The Kier molecular flexibility index (Phi) is 15.0. The number of carbonyl (C=O) groups excluding carboxylic acids is 4. The van der Waals surface area contributed by atoms with Gasteiger partial charge in [-0.25, -0.2) is 4.79 Å². The first-order chi connectivity index (χ1) is 22.8. The van der Waals surface area contributed by atoms with Gasteiger partial charge in [-0.15, -0.1) is 11.8 Å². The molecule has 5 unspecified atom stereocenters. The number of hydrogen-bond acceptors (Lipinski definition) is 9. The highest BCUT2D eigenvalue weighted by molar-refractivity contribution is 8.00. The first-order valence-electron chi connectivity index (χ1n) is 16.3. The van der Waals surface area contributed by atoms with E-state index in [0.29, 0.717) is 42.5 Å². The van der Waals surface area contributed by atoms with E-state index in [0.717, 1.165) is 4.90 Å². The molecule has 12 heteroatoms. The average molecular weight is 684 g/mol. The highest BCUT2D eigenvalue weighted by Crippen LogP contribution is 2.44. The van der Waals surface area contributed by atoms with Crippen LogP contribution in [0.25, 0.3) is 0 Å². The lowest BCUT2D eigenvalue weighted by Gasteiger charge is -2.29. The highest BCUT2D eigenvalue weighted by Gasteiger charge is 2.30. The number of aliphatic hydroxyl groups is 1. The number of esters is 1. The number of allylic oxidation sites excluding steroid dienone is 5. The van der Waals surface area contributed by atoms with Crippen LogP contribution in [0.4, 0.5) is 11.4 Å². The van der Waals surface area contributed by atoms with Crippen LogP contribution < -0.4 is 16.0 Å². The van der Waals surface area contributed by atoms with Crippen molar-refractivity contribution in [2.24, 2.45) is 11.8 Å². The molecule has 2 aliphatic rings. The molecule has 2 bridgehead atoms. The Labute approximate surface area is 287 Å². The molecular weight excluding hydrogens is 634 g/mol. The molecule has 3 amide bonds. The molecule has 0 saturated heterocycles. The minimum atomic E-state index is -0.956. The molecule has 5 N–H and O–H groups in total. The summed E-state index contributed by atoms with van der Waals surface area (Å²) in [4.78, 5) is 51.2. The number of phenols is 1. The molecule has 0 fully saturated rings. The molecule has 0 aromatic heterocycles. The normalized spacial score (nSPS) is 25.6. The Morgan fingerprint density at radius 2 is 1.79 bits per heavy atom. The van der Waals surface area contributed by atoms with Crippen LogP contribution in [0.3, 0.4) is 0 Å². The van der Waals surface area contributed by atoms with Crippen LogP contribution in [-0.4, -0.2) is 71.1 Å². The smallest absolute Gasteiger partial charge is 0.328 e. The molecule has 5 atom stereocenters. The predicted octanol–water partition coefficient (Wildman–Crippen LogP) is 5.19. The number of hydrogen-bond donors (Lipinski definition) is 5. The lowest BCUT2D eigenvalue weighted by molar-refractivity contribution is -0.156. The zero-order valence-electron chi connectivity index (χ0n) is 28.6. The van der Waals surface area contributed by atoms with Gasteiger partial charge in [-0.1, -0.05) is 63.3 Å². The van der Waals surface area contributed by atoms with E-state index < -0.39 is 36.2 Å². The van der Waals surface area contributed by atoms with Crippen molar-refractivity contribution in [3.63, 3.8) is 0 Å². The van der Waals surface area contributed by atoms with E-state index in [9.17, 15) is 29.4 Å². The van der Waals surface area contributed by atoms with Crippen molar-refractivity contribution in [2.45, 2.75) is 96.0 Å². The number of anilines is 2. The van der Waals surface area contributed by atoms with Crippen molar-refractivity contribution >= 4 is 46.8 Å². The van der Waals surface area contributed by atoms with E-state index in [4.69, 9.17) is 9.47 Å². The summed E-state index contributed by atoms with van der Waals surface area (Å²) in [5.41, 5.74) is 1.92. The minimum absolute atomic E-state index is 0.00918. The van der Waals surface area contributed by atoms with Crippen LogP contribution in [0, 0.1) is 11.8 Å². The number of phenolic OH excluding ortho intramolecular Hbond substituents is 1. The lowest BCUT2D eigenvalue weighted by atomic mass is 9.90. The van der Waals surface area contributed by atoms with Crippen molar-refractivity contribution < 1.29 is 38.9 Å². The maximum absolute atomic E-state index is 13.0. The largest absolute Gasteiger partial charge is 0.505 e. The van der Waals surface area contributed by atoms with Crippen LogP contribution in [0.5, 0.6) is 5.75 Å². The molecule has 11 nitrogen and oxygen atoms in total. The van der Waals surface area contributed by atoms with Gasteiger partial charge in [0.1, 0.15) is 17.9 Å². The highest BCUT2D eigenvalue weighted by atomic mass is 32.2. The Bertz CT molecular complexity index is 1450. The first-order valence-corrected chi connectivity index (χ1v) is 17.3. The molecule has 3 rings (SSSR count). The van der Waals surface area contributed by atoms with Gasteiger partial charge in [0, 0.05) is 36.3 Å². The van der Waals surface area contributed by atoms with Crippen LogP contribution >= 0.6 is 11.8 Å². The van der Waals surface area contributed by atoms with E-state index in [1.54, 1.807) is 50.3 Å². The zero-order valence-corrected chi connectivity index (χ0v) is 29.4. The van der Waals surface area contributed by atoms with Gasteiger partial charge in [0.25, 0.3) is 0 Å². The van der Waals surface area contributed by atoms with Crippen LogP contribution in [-0.2, 0) is 35.1 Å². The number of benzene rings is 1. The summed E-state index contributed by atoms with van der Waals surface area (Å²) in [7, 11) is 1.50. The maximum atomic E-state index is 13.0. The van der Waals surface area contributed by atoms with Crippen LogP contribution in [0.1, 0.15) is 65.9 Å². The third-order valence-electron chi connectivity index (χ3n) is 8.10. The summed E-state index contributed by atoms with van der Waals surface area (Å²) in [6.07, 6.45) is 11.7. The first kappa shape index (κ1) is 38.6. The van der Waals surface area contributed by atoms with E-state index in [-0.39, 0.29) is 47.3 Å². The van der Waals surface area contributed by atoms with Crippen LogP contribution in [0.15, 0.2) is 59.1 Å². The Morgan fingerprint density at radius 3 is 2.50 bits per heavy atom. The molecule has 0 saturated carbocycles. The summed E-state index contributed by atoms with van der Waals surface area (Å²) < 4.78 is 11.3. The number of nitrogens with one attached hydrogen (secondary N) is 3. The number of carbonyl (C=O) groups is 4. The molecule has 0 aliphatic carbocycles. The third kappa shape index (κ3) is 11.4. The monoisotopic (exact) mass is 683 g/mol. The van der Waals surface area contributed by atoms with Gasteiger partial charge in [-0.05, 0) is 44.2 Å². The van der Waals surface area contributed by atoms with Crippen molar-refractivity contribution in [1.29, 1.82) is 0 Å². The molecule has 1 aromatic rings. The fraction of sp³-hybridized carbons (Fsp3) is 0.500. The Morgan fingerprint density at radius 1 is 1.08 bits per heavy atom. The molecule has 0 spiro atoms. The second kappa shape index (κ2) is 18.6. The van der Waals surface area contributed by atoms with Crippen molar-refractivity contribution in [3.05, 3.63) is 59.7 Å². The number of amides is 3. The van der Waals surface area contributed by atoms with Gasteiger partial charge in [0.05, 0.1) is 35.8 Å². The number of rotatable bonds is 6. The molecule has 2 heterocycles. The number of aliphatic hydroxyl groups excluding tert-OH is 1. The Hall–Kier alpha value is -3.87. The van der Waals surface area contributed by atoms with Gasteiger partial charge >= 0.3 is 5.97 Å². The van der Waals surface area contributed by atoms with Gasteiger partial charge in [0.15, 0.2) is 0 Å². The average Bonchev–Trinajstić information content (AvgIpc) is 3.02. The summed E-state index contributed by atoms with van der Waals surface area (Å²) in [5, 5.41) is 30.9. The minimum Gasteiger partial charge on any atom is -0.505 e. The van der Waals surface area contributed by atoms with Gasteiger partial charge in [0.2, 0.25) is 17.7 Å². The number of fused-ring (bicyclic) bond motifs is 4. The maximum Gasteiger partial charge on any atom is 0.328 e. The Balaban J connectivity index is 1.92. The number of methoxy groups -OCH3 is 1. The standard InChI is InChI=1S/C36H49N3O8S/c1-21(2)17-30(40)37-24(5)36(45)47-29-16-11-9-7-8-10-14-25(46-6)18-31(41)38-27-19-28-35(48-20-32(42)39-28)26(34(27)44)15-12-13-22(3)33(43)23(29)4/h7-11,13-14,19,21,23-25,29,33,43-44H,12,15-18,20H2,1-6H3,(H,37,40)(H,38,41)(H,39,42)/b8-7+,11-9+,14-10?,22-13-. The van der Waals surface area contributed by atoms with E-state index in [1.807, 2.05) is 32.9 Å². The van der Waals surface area contributed by atoms with Crippen molar-refractivity contribution in [1.82, 2.24) is 5.32 Å². The van der Waals surface area contributed by atoms with Gasteiger partial charge < -0.3 is 35.6 Å². The predicted molar refractivity (Wildman–Crippen MR) is 188 cm³/mol. The molecule has 1 aromatic carbocycles. The molecule has 262 valence electrons. The second-order valence-corrected chi connectivity index (χ2v) is 13.6.